The Bertz CT molecular complexity index is 954. The van der Waals surface area contributed by atoms with Gasteiger partial charge in [0.25, 0.3) is 10.0 Å². The van der Waals surface area contributed by atoms with E-state index in [4.69, 9.17) is 5.26 Å². The number of sulfonamides is 1. The van der Waals surface area contributed by atoms with Gasteiger partial charge in [-0.25, -0.2) is 8.42 Å². The fraction of sp³-hybridized carbons (Fsp3) is 0. The summed E-state index contributed by atoms with van der Waals surface area (Å²) in [5, 5.41) is 8.79. The third-order valence-electron chi connectivity index (χ3n) is 3.32. The summed E-state index contributed by atoms with van der Waals surface area (Å²) in [6.07, 6.45) is 3.68. The molecule has 0 aliphatic carbocycles. The molecule has 0 fully saturated rings. The molecule has 114 valence electrons. The van der Waals surface area contributed by atoms with Crippen molar-refractivity contribution < 1.29 is 8.42 Å². The van der Waals surface area contributed by atoms with E-state index in [1.165, 1.54) is 24.3 Å². The number of nitrogens with zero attached hydrogens (tertiary/aromatic N) is 2. The van der Waals surface area contributed by atoms with Gasteiger partial charge in [0.05, 0.1) is 27.9 Å². The van der Waals surface area contributed by atoms with Crippen LogP contribution in [0.25, 0.3) is 5.69 Å². The number of para-hydroxylation sites is 2. The van der Waals surface area contributed by atoms with Crippen molar-refractivity contribution in [2.75, 3.05) is 4.72 Å². The molecule has 23 heavy (non-hydrogen) atoms. The molecule has 0 unspecified atom stereocenters. The Labute approximate surface area is 134 Å². The van der Waals surface area contributed by atoms with Crippen LogP contribution in [0.5, 0.6) is 0 Å². The molecular formula is C17H13N3O2S. The first kappa shape index (κ1) is 14.9. The number of nitriles is 1. The van der Waals surface area contributed by atoms with Gasteiger partial charge in [0.15, 0.2) is 0 Å². The minimum Gasteiger partial charge on any atom is -0.322 e. The molecule has 0 saturated carbocycles. The van der Waals surface area contributed by atoms with E-state index in [0.717, 1.165) is 5.69 Å². The number of hydrogen-bond acceptors (Lipinski definition) is 3. The minimum atomic E-state index is -3.72. The van der Waals surface area contributed by atoms with Gasteiger partial charge in [0.1, 0.15) is 0 Å². The standard InChI is InChI=1S/C17H13N3O2S/c18-13-14-7-9-15(10-8-14)23(21,22)19-16-5-1-2-6-17(16)20-11-3-4-12-20/h1-12,19H. The van der Waals surface area contributed by atoms with Crippen molar-refractivity contribution in [3.8, 4) is 11.8 Å². The van der Waals surface area contributed by atoms with E-state index in [9.17, 15) is 8.42 Å². The SMILES string of the molecule is N#Cc1ccc(S(=O)(=O)Nc2ccccc2-n2cccc2)cc1. The Morgan fingerprint density at radius 1 is 0.913 bits per heavy atom. The zero-order chi connectivity index (χ0) is 16.3. The molecule has 0 aliphatic heterocycles. The molecule has 1 aromatic heterocycles. The lowest BCUT2D eigenvalue weighted by atomic mass is 10.2. The van der Waals surface area contributed by atoms with Gasteiger partial charge in [-0.15, -0.1) is 0 Å². The maximum Gasteiger partial charge on any atom is 0.261 e. The number of aromatic nitrogens is 1. The molecule has 3 rings (SSSR count). The molecule has 2 aromatic carbocycles. The smallest absolute Gasteiger partial charge is 0.261 e. The highest BCUT2D eigenvalue weighted by Gasteiger charge is 2.16. The number of benzene rings is 2. The lowest BCUT2D eigenvalue weighted by Crippen LogP contribution is -2.14. The first-order valence-electron chi connectivity index (χ1n) is 6.85. The number of rotatable bonds is 4. The van der Waals surface area contributed by atoms with Gasteiger partial charge < -0.3 is 4.57 Å². The Morgan fingerprint density at radius 2 is 1.57 bits per heavy atom. The van der Waals surface area contributed by atoms with Crippen molar-refractivity contribution in [2.24, 2.45) is 0 Å². The molecule has 0 atom stereocenters. The molecule has 0 bridgehead atoms. The maximum absolute atomic E-state index is 12.5. The third-order valence-corrected chi connectivity index (χ3v) is 4.71. The lowest BCUT2D eigenvalue weighted by Gasteiger charge is -2.13. The molecule has 1 N–H and O–H groups in total. The molecule has 0 radical (unpaired) electrons. The predicted molar refractivity (Wildman–Crippen MR) is 87.7 cm³/mol. The van der Waals surface area contributed by atoms with Crippen LogP contribution in [0.1, 0.15) is 5.56 Å². The average molecular weight is 323 g/mol. The Balaban J connectivity index is 1.97. The third kappa shape index (κ3) is 3.10. The van der Waals surface area contributed by atoms with E-state index in [1.54, 1.807) is 12.1 Å². The van der Waals surface area contributed by atoms with Crippen LogP contribution >= 0.6 is 0 Å². The fourth-order valence-electron chi connectivity index (χ4n) is 2.19. The Morgan fingerprint density at radius 3 is 2.22 bits per heavy atom. The molecular weight excluding hydrogens is 310 g/mol. The number of nitrogens with one attached hydrogen (secondary N) is 1. The van der Waals surface area contributed by atoms with E-state index in [2.05, 4.69) is 4.72 Å². The van der Waals surface area contributed by atoms with E-state index in [0.29, 0.717) is 11.3 Å². The van der Waals surface area contributed by atoms with Crippen molar-refractivity contribution in [3.05, 3.63) is 78.6 Å². The van der Waals surface area contributed by atoms with Crippen LogP contribution in [-0.2, 0) is 10.0 Å². The van der Waals surface area contributed by atoms with Crippen LogP contribution in [0, 0.1) is 11.3 Å². The van der Waals surface area contributed by atoms with Crippen LogP contribution in [-0.4, -0.2) is 13.0 Å². The molecule has 0 aliphatic rings. The summed E-state index contributed by atoms with van der Waals surface area (Å²) in [6.45, 7) is 0. The largest absolute Gasteiger partial charge is 0.322 e. The first-order chi connectivity index (χ1) is 11.1. The second-order valence-electron chi connectivity index (χ2n) is 4.85. The highest BCUT2D eigenvalue weighted by Crippen LogP contribution is 2.23. The summed E-state index contributed by atoms with van der Waals surface area (Å²) < 4.78 is 29.5. The summed E-state index contributed by atoms with van der Waals surface area (Å²) in [5.41, 5.74) is 1.62. The summed E-state index contributed by atoms with van der Waals surface area (Å²) in [7, 11) is -3.72. The van der Waals surface area contributed by atoms with Crippen molar-refractivity contribution in [1.29, 1.82) is 5.26 Å². The van der Waals surface area contributed by atoms with Crippen molar-refractivity contribution in [1.82, 2.24) is 4.57 Å². The molecule has 0 spiro atoms. The van der Waals surface area contributed by atoms with E-state index in [1.807, 2.05) is 47.3 Å². The topological polar surface area (TPSA) is 74.9 Å². The van der Waals surface area contributed by atoms with E-state index >= 15 is 0 Å². The zero-order valence-electron chi connectivity index (χ0n) is 12.0. The number of hydrogen-bond donors (Lipinski definition) is 1. The van der Waals surface area contributed by atoms with Gasteiger partial charge in [-0.05, 0) is 48.5 Å². The van der Waals surface area contributed by atoms with Crippen molar-refractivity contribution in [2.45, 2.75) is 4.90 Å². The molecule has 0 saturated heterocycles. The van der Waals surface area contributed by atoms with Crippen molar-refractivity contribution >= 4 is 15.7 Å². The lowest BCUT2D eigenvalue weighted by molar-refractivity contribution is 0.601. The van der Waals surface area contributed by atoms with Crippen LogP contribution in [0.4, 0.5) is 5.69 Å². The second-order valence-corrected chi connectivity index (χ2v) is 6.53. The summed E-state index contributed by atoms with van der Waals surface area (Å²) in [4.78, 5) is 0.110. The molecule has 1 heterocycles. The van der Waals surface area contributed by atoms with E-state index < -0.39 is 10.0 Å². The van der Waals surface area contributed by atoms with Crippen molar-refractivity contribution in [3.63, 3.8) is 0 Å². The van der Waals surface area contributed by atoms with Gasteiger partial charge >= 0.3 is 0 Å². The van der Waals surface area contributed by atoms with Gasteiger partial charge in [-0.2, -0.15) is 5.26 Å². The molecule has 3 aromatic rings. The summed E-state index contributed by atoms with van der Waals surface area (Å²) in [6, 6.07) is 18.6. The minimum absolute atomic E-state index is 0.110. The van der Waals surface area contributed by atoms with Gasteiger partial charge in [0, 0.05) is 12.4 Å². The maximum atomic E-state index is 12.5. The summed E-state index contributed by atoms with van der Waals surface area (Å²) in [5.74, 6) is 0. The number of anilines is 1. The van der Waals surface area contributed by atoms with Gasteiger partial charge in [-0.3, -0.25) is 4.72 Å². The van der Waals surface area contributed by atoms with Crippen LogP contribution in [0.2, 0.25) is 0 Å². The molecule has 0 amide bonds. The normalized spacial score (nSPS) is 10.9. The average Bonchev–Trinajstić information content (AvgIpc) is 3.09. The zero-order valence-corrected chi connectivity index (χ0v) is 12.9. The Kier molecular flexibility index (Phi) is 3.87. The molecule has 5 nitrogen and oxygen atoms in total. The fourth-order valence-corrected chi connectivity index (χ4v) is 3.27. The predicted octanol–water partition coefficient (Wildman–Crippen LogP) is 3.15. The first-order valence-corrected chi connectivity index (χ1v) is 8.34. The van der Waals surface area contributed by atoms with Gasteiger partial charge in [-0.1, -0.05) is 12.1 Å². The van der Waals surface area contributed by atoms with Crippen LogP contribution < -0.4 is 4.72 Å². The highest BCUT2D eigenvalue weighted by molar-refractivity contribution is 7.92. The second kappa shape index (κ2) is 5.99. The monoisotopic (exact) mass is 323 g/mol. The quantitative estimate of drug-likeness (QED) is 0.801. The van der Waals surface area contributed by atoms with Gasteiger partial charge in [0.2, 0.25) is 0 Å². The summed E-state index contributed by atoms with van der Waals surface area (Å²) >= 11 is 0. The van der Waals surface area contributed by atoms with Crippen LogP contribution in [0.3, 0.4) is 0 Å². The molecule has 6 heteroatoms. The highest BCUT2D eigenvalue weighted by atomic mass is 32.2. The van der Waals surface area contributed by atoms with E-state index in [-0.39, 0.29) is 4.90 Å². The van der Waals surface area contributed by atoms with Crippen LogP contribution in [0.15, 0.2) is 78.0 Å². The Hall–Kier alpha value is -3.04.